The molecule has 0 amide bonds. The second-order valence-corrected chi connectivity index (χ2v) is 8.58. The number of carbonyl (C=O) groups excluding carboxylic acids is 1. The molecule has 2 rings (SSSR count). The van der Waals surface area contributed by atoms with Crippen LogP contribution in [0.1, 0.15) is 88.9 Å². The first-order valence-electron chi connectivity index (χ1n) is 12.5. The highest BCUT2D eigenvalue weighted by molar-refractivity contribution is 5.91. The van der Waals surface area contributed by atoms with Crippen LogP contribution in [0, 0.1) is 5.92 Å². The Bertz CT molecular complexity index is 809. The third-order valence-corrected chi connectivity index (χ3v) is 5.71. The van der Waals surface area contributed by atoms with E-state index in [-0.39, 0.29) is 0 Å². The number of esters is 1. The Hall–Kier alpha value is -2.75. The summed E-state index contributed by atoms with van der Waals surface area (Å²) in [7, 11) is 0. The van der Waals surface area contributed by atoms with Gasteiger partial charge in [-0.05, 0) is 79.8 Å². The molecule has 4 nitrogen and oxygen atoms in total. The van der Waals surface area contributed by atoms with E-state index < -0.39 is 5.97 Å². The summed E-state index contributed by atoms with van der Waals surface area (Å²) in [6.07, 6.45) is 14.4. The van der Waals surface area contributed by atoms with Gasteiger partial charge in [0.1, 0.15) is 17.2 Å². The van der Waals surface area contributed by atoms with Gasteiger partial charge >= 0.3 is 5.97 Å². The first-order chi connectivity index (χ1) is 16.1. The number of unbranched alkanes of at least 4 members (excludes halogenated alkanes) is 5. The molecule has 0 radical (unpaired) electrons. The maximum absolute atomic E-state index is 12.4. The lowest BCUT2D eigenvalue weighted by Crippen LogP contribution is -2.08. The van der Waals surface area contributed by atoms with Crippen LogP contribution in [0.5, 0.6) is 17.2 Å². The Kier molecular flexibility index (Phi) is 12.8. The van der Waals surface area contributed by atoms with Crippen molar-refractivity contribution in [2.45, 2.75) is 78.6 Å². The molecule has 4 heteroatoms. The van der Waals surface area contributed by atoms with Crippen LogP contribution in [0.3, 0.4) is 0 Å². The summed E-state index contributed by atoms with van der Waals surface area (Å²) in [6, 6.07) is 14.2. The van der Waals surface area contributed by atoms with Crippen LogP contribution in [-0.4, -0.2) is 12.6 Å². The van der Waals surface area contributed by atoms with Crippen molar-refractivity contribution in [1.29, 1.82) is 0 Å². The smallest absolute Gasteiger partial charge is 0.343 e. The van der Waals surface area contributed by atoms with Crippen LogP contribution >= 0.6 is 0 Å². The molecule has 0 bridgehead atoms. The Labute approximate surface area is 200 Å². The van der Waals surface area contributed by atoms with Gasteiger partial charge in [0.05, 0.1) is 18.4 Å². The summed E-state index contributed by atoms with van der Waals surface area (Å²) in [5.41, 5.74) is 0.492. The van der Waals surface area contributed by atoms with Gasteiger partial charge in [0.25, 0.3) is 0 Å². The maximum Gasteiger partial charge on any atom is 0.343 e. The molecule has 2 aromatic carbocycles. The highest BCUT2D eigenvalue weighted by atomic mass is 16.5. The van der Waals surface area contributed by atoms with E-state index in [0.29, 0.717) is 23.7 Å². The quantitative estimate of drug-likeness (QED) is 0.111. The molecule has 0 saturated heterocycles. The first kappa shape index (κ1) is 26.5. The second kappa shape index (κ2) is 16.0. The van der Waals surface area contributed by atoms with Crippen molar-refractivity contribution in [3.63, 3.8) is 0 Å². The molecular formula is C29H40O4. The van der Waals surface area contributed by atoms with E-state index in [2.05, 4.69) is 20.8 Å². The predicted octanol–water partition coefficient (Wildman–Crippen LogP) is 8.36. The number of allylic oxidation sites excluding steroid dienone is 1. The van der Waals surface area contributed by atoms with Crippen molar-refractivity contribution in [2.75, 3.05) is 6.61 Å². The standard InChI is InChI=1S/C29H40O4/c1-4-6-7-8-11-22-32-27-18-20-28(21-19-27)33-29(30)25-14-16-26(17-15-25)31-23-12-9-10-13-24(3)5-2/h11,14-22,24H,4-10,12-13,23H2,1-3H3/b22-11+/t24-/m0/s1. The molecule has 0 spiro atoms. The van der Waals surface area contributed by atoms with E-state index in [9.17, 15) is 4.79 Å². The van der Waals surface area contributed by atoms with Gasteiger partial charge in [-0.15, -0.1) is 0 Å². The van der Waals surface area contributed by atoms with Gasteiger partial charge < -0.3 is 14.2 Å². The second-order valence-electron chi connectivity index (χ2n) is 8.58. The van der Waals surface area contributed by atoms with Crippen molar-refractivity contribution < 1.29 is 19.0 Å². The number of ether oxygens (including phenoxy) is 3. The van der Waals surface area contributed by atoms with Crippen molar-refractivity contribution in [1.82, 2.24) is 0 Å². The zero-order valence-electron chi connectivity index (χ0n) is 20.6. The third kappa shape index (κ3) is 11.1. The summed E-state index contributed by atoms with van der Waals surface area (Å²) in [5, 5.41) is 0. The SMILES string of the molecule is CCCCC/C=C/Oc1ccc(OC(=O)c2ccc(OCCCCC[C@@H](C)CC)cc2)cc1. The minimum absolute atomic E-state index is 0.393. The largest absolute Gasteiger partial charge is 0.494 e. The van der Waals surface area contributed by atoms with Gasteiger partial charge in [0, 0.05) is 0 Å². The molecule has 1 atom stereocenters. The van der Waals surface area contributed by atoms with E-state index in [4.69, 9.17) is 14.2 Å². The fourth-order valence-corrected chi connectivity index (χ4v) is 3.31. The summed E-state index contributed by atoms with van der Waals surface area (Å²) in [5.74, 6) is 2.39. The lowest BCUT2D eigenvalue weighted by Gasteiger charge is -2.09. The molecule has 0 saturated carbocycles. The minimum atomic E-state index is -0.393. The first-order valence-corrected chi connectivity index (χ1v) is 12.5. The lowest BCUT2D eigenvalue weighted by atomic mass is 10.0. The van der Waals surface area contributed by atoms with Crippen LogP contribution in [0.25, 0.3) is 0 Å². The van der Waals surface area contributed by atoms with Gasteiger partial charge in [-0.25, -0.2) is 4.79 Å². The number of hydrogen-bond donors (Lipinski definition) is 0. The minimum Gasteiger partial charge on any atom is -0.494 e. The van der Waals surface area contributed by atoms with Crippen molar-refractivity contribution >= 4 is 5.97 Å². The molecule has 33 heavy (non-hydrogen) atoms. The van der Waals surface area contributed by atoms with E-state index in [0.717, 1.165) is 24.5 Å². The topological polar surface area (TPSA) is 44.8 Å². The molecule has 0 aliphatic heterocycles. The van der Waals surface area contributed by atoms with Crippen LogP contribution in [-0.2, 0) is 0 Å². The average Bonchev–Trinajstić information content (AvgIpc) is 2.84. The highest BCUT2D eigenvalue weighted by Gasteiger charge is 2.09. The van der Waals surface area contributed by atoms with E-state index in [1.54, 1.807) is 42.7 Å². The predicted molar refractivity (Wildman–Crippen MR) is 135 cm³/mol. The number of rotatable bonds is 16. The average molecular weight is 453 g/mol. The Morgan fingerprint density at radius 2 is 1.55 bits per heavy atom. The van der Waals surface area contributed by atoms with Crippen LogP contribution in [0.4, 0.5) is 0 Å². The molecule has 180 valence electrons. The summed E-state index contributed by atoms with van der Waals surface area (Å²) < 4.78 is 16.8. The molecule has 0 aliphatic carbocycles. The fraction of sp³-hybridized carbons (Fsp3) is 0.483. The summed E-state index contributed by atoms with van der Waals surface area (Å²) in [4.78, 5) is 12.4. The van der Waals surface area contributed by atoms with Crippen molar-refractivity contribution in [3.05, 3.63) is 66.4 Å². The molecule has 0 N–H and O–H groups in total. The van der Waals surface area contributed by atoms with Crippen LogP contribution < -0.4 is 14.2 Å². The highest BCUT2D eigenvalue weighted by Crippen LogP contribution is 2.20. The molecule has 0 aromatic heterocycles. The van der Waals surface area contributed by atoms with Gasteiger partial charge in [0.15, 0.2) is 0 Å². The summed E-state index contributed by atoms with van der Waals surface area (Å²) in [6.45, 7) is 7.44. The molecule has 0 aliphatic rings. The van der Waals surface area contributed by atoms with Gasteiger partial charge in [0.2, 0.25) is 0 Å². The fourth-order valence-electron chi connectivity index (χ4n) is 3.31. The van der Waals surface area contributed by atoms with Gasteiger partial charge in [-0.2, -0.15) is 0 Å². The lowest BCUT2D eigenvalue weighted by molar-refractivity contribution is 0.0734. The van der Waals surface area contributed by atoms with Crippen LogP contribution in [0.15, 0.2) is 60.9 Å². The Morgan fingerprint density at radius 1 is 0.848 bits per heavy atom. The molecule has 0 fully saturated rings. The molecule has 0 heterocycles. The third-order valence-electron chi connectivity index (χ3n) is 5.71. The van der Waals surface area contributed by atoms with Crippen molar-refractivity contribution in [3.8, 4) is 17.2 Å². The zero-order chi connectivity index (χ0) is 23.7. The number of hydrogen-bond acceptors (Lipinski definition) is 4. The van der Waals surface area contributed by atoms with E-state index >= 15 is 0 Å². The van der Waals surface area contributed by atoms with Gasteiger partial charge in [-0.1, -0.05) is 59.3 Å². The van der Waals surface area contributed by atoms with E-state index in [1.165, 1.54) is 44.9 Å². The monoisotopic (exact) mass is 452 g/mol. The molecule has 0 unspecified atom stereocenters. The number of carbonyl (C=O) groups is 1. The normalized spacial score (nSPS) is 12.0. The Balaban J connectivity index is 1.70. The molecule has 2 aromatic rings. The van der Waals surface area contributed by atoms with Crippen LogP contribution in [0.2, 0.25) is 0 Å². The molecular weight excluding hydrogens is 412 g/mol. The van der Waals surface area contributed by atoms with Gasteiger partial charge in [-0.3, -0.25) is 0 Å². The van der Waals surface area contributed by atoms with E-state index in [1.807, 2.05) is 18.2 Å². The maximum atomic E-state index is 12.4. The summed E-state index contributed by atoms with van der Waals surface area (Å²) >= 11 is 0. The number of benzene rings is 2. The Morgan fingerprint density at radius 3 is 2.24 bits per heavy atom. The zero-order valence-corrected chi connectivity index (χ0v) is 20.6. The van der Waals surface area contributed by atoms with Crippen molar-refractivity contribution in [2.24, 2.45) is 5.92 Å².